The van der Waals surface area contributed by atoms with E-state index in [0.29, 0.717) is 19.5 Å². The van der Waals surface area contributed by atoms with Crippen molar-refractivity contribution >= 4 is 33.7 Å². The Balaban J connectivity index is 1.64. The Hall–Kier alpha value is -3.11. The molecule has 0 fully saturated rings. The molecule has 0 spiro atoms. The van der Waals surface area contributed by atoms with Crippen LogP contribution in [0.25, 0.3) is 21.2 Å². The molecule has 151 valence electrons. The van der Waals surface area contributed by atoms with Crippen LogP contribution in [0, 0.1) is 0 Å². The number of carbonyl (C=O) groups excluding carboxylic acids is 1. The van der Waals surface area contributed by atoms with Crippen molar-refractivity contribution in [2.45, 2.75) is 32.9 Å². The van der Waals surface area contributed by atoms with Gasteiger partial charge in [-0.15, -0.1) is 11.3 Å². The maximum atomic E-state index is 12.1. The second kappa shape index (κ2) is 9.59. The summed E-state index contributed by atoms with van der Waals surface area (Å²) in [5.74, 6) is 0.0945. The number of hydrogen-bond acceptors (Lipinski definition) is 2. The van der Waals surface area contributed by atoms with E-state index in [9.17, 15) is 4.79 Å². The highest BCUT2D eigenvalue weighted by molar-refractivity contribution is 7.13. The summed E-state index contributed by atoms with van der Waals surface area (Å²) >= 11 is 1.73. The van der Waals surface area contributed by atoms with E-state index >= 15 is 0 Å². The van der Waals surface area contributed by atoms with Crippen molar-refractivity contribution in [3.63, 3.8) is 0 Å². The molecule has 1 radical (unpaired) electrons. The Morgan fingerprint density at radius 3 is 2.63 bits per heavy atom. The highest BCUT2D eigenvalue weighted by atomic mass is 32.1. The van der Waals surface area contributed by atoms with E-state index in [1.165, 1.54) is 21.4 Å². The zero-order valence-corrected chi connectivity index (χ0v) is 17.9. The third-order valence-electron chi connectivity index (χ3n) is 5.07. The van der Waals surface area contributed by atoms with Gasteiger partial charge >= 0.3 is 0 Å². The average molecular weight is 414 g/mol. The number of hydrogen-bond donors (Lipinski definition) is 1. The lowest BCUT2D eigenvalue weighted by Crippen LogP contribution is -2.22. The molecule has 3 nitrogen and oxygen atoms in total. The summed E-state index contributed by atoms with van der Waals surface area (Å²) in [6.07, 6.45) is 1.41. The van der Waals surface area contributed by atoms with Crippen molar-refractivity contribution in [1.82, 2.24) is 10.6 Å². The smallest absolute Gasteiger partial charge is 0.220 e. The van der Waals surface area contributed by atoms with Gasteiger partial charge in [-0.05, 0) is 69.6 Å². The molecule has 0 aliphatic rings. The SMILES string of the molecule is CCCC(=O)NCc1cc(-c2cccs2)cc2ccc([N]Cc3ccccc3)cc12. The van der Waals surface area contributed by atoms with Crippen LogP contribution in [0.4, 0.5) is 5.69 Å². The zero-order valence-electron chi connectivity index (χ0n) is 17.1. The first-order chi connectivity index (χ1) is 14.7. The fourth-order valence-electron chi connectivity index (χ4n) is 3.53. The molecule has 1 amide bonds. The minimum atomic E-state index is 0.0945. The minimum absolute atomic E-state index is 0.0945. The van der Waals surface area contributed by atoms with Gasteiger partial charge in [0.15, 0.2) is 0 Å². The number of amides is 1. The summed E-state index contributed by atoms with van der Waals surface area (Å²) < 4.78 is 0. The molecule has 4 aromatic rings. The number of rotatable bonds is 8. The molecule has 0 aliphatic heterocycles. The van der Waals surface area contributed by atoms with E-state index in [2.05, 4.69) is 65.3 Å². The van der Waals surface area contributed by atoms with Crippen molar-refractivity contribution in [1.29, 1.82) is 0 Å². The summed E-state index contributed by atoms with van der Waals surface area (Å²) in [5, 5.41) is 12.3. The van der Waals surface area contributed by atoms with Crippen molar-refractivity contribution in [2.75, 3.05) is 0 Å². The van der Waals surface area contributed by atoms with Gasteiger partial charge in [0.1, 0.15) is 0 Å². The van der Waals surface area contributed by atoms with Crippen LogP contribution in [-0.4, -0.2) is 5.91 Å². The highest BCUT2D eigenvalue weighted by Gasteiger charge is 2.10. The summed E-state index contributed by atoms with van der Waals surface area (Å²) in [4.78, 5) is 13.3. The quantitative estimate of drug-likeness (QED) is 0.356. The van der Waals surface area contributed by atoms with Crippen LogP contribution in [0.5, 0.6) is 0 Å². The predicted octanol–water partition coefficient (Wildman–Crippen LogP) is 6.42. The van der Waals surface area contributed by atoms with Gasteiger partial charge in [0.05, 0.1) is 12.2 Å². The van der Waals surface area contributed by atoms with Crippen molar-refractivity contribution in [3.05, 3.63) is 89.3 Å². The topological polar surface area (TPSA) is 43.2 Å². The zero-order chi connectivity index (χ0) is 20.8. The molecule has 0 saturated heterocycles. The molecule has 1 N–H and O–H groups in total. The molecular weight excluding hydrogens is 388 g/mol. The largest absolute Gasteiger partial charge is 0.352 e. The van der Waals surface area contributed by atoms with Crippen LogP contribution in [-0.2, 0) is 17.9 Å². The highest BCUT2D eigenvalue weighted by Crippen LogP contribution is 2.32. The number of nitrogens with one attached hydrogen (secondary N) is 1. The van der Waals surface area contributed by atoms with Crippen LogP contribution >= 0.6 is 11.3 Å². The molecule has 1 aromatic heterocycles. The predicted molar refractivity (Wildman–Crippen MR) is 126 cm³/mol. The second-order valence-corrected chi connectivity index (χ2v) is 8.29. The Morgan fingerprint density at radius 2 is 1.87 bits per heavy atom. The van der Waals surface area contributed by atoms with Crippen molar-refractivity contribution in [2.24, 2.45) is 0 Å². The molecular formula is C26H25N2OS. The first kappa shape index (κ1) is 20.2. The van der Waals surface area contributed by atoms with Gasteiger partial charge in [-0.1, -0.05) is 49.4 Å². The van der Waals surface area contributed by atoms with Crippen LogP contribution < -0.4 is 10.6 Å². The Labute approximate surface area is 181 Å². The Bertz CT molecular complexity index is 1120. The second-order valence-electron chi connectivity index (χ2n) is 7.35. The maximum Gasteiger partial charge on any atom is 0.220 e. The van der Waals surface area contributed by atoms with Gasteiger partial charge in [0.25, 0.3) is 0 Å². The average Bonchev–Trinajstić information content (AvgIpc) is 3.32. The molecule has 0 saturated carbocycles. The van der Waals surface area contributed by atoms with Gasteiger partial charge < -0.3 is 5.32 Å². The summed E-state index contributed by atoms with van der Waals surface area (Å²) in [6.45, 7) is 3.20. The van der Waals surface area contributed by atoms with E-state index < -0.39 is 0 Å². The number of thiophene rings is 1. The molecule has 0 unspecified atom stereocenters. The normalized spacial score (nSPS) is 10.8. The molecule has 0 aliphatic carbocycles. The first-order valence-electron chi connectivity index (χ1n) is 10.3. The summed E-state index contributed by atoms with van der Waals surface area (Å²) in [7, 11) is 0. The molecule has 1 heterocycles. The lowest BCUT2D eigenvalue weighted by Gasteiger charge is -2.13. The van der Waals surface area contributed by atoms with Gasteiger partial charge in [0, 0.05) is 17.8 Å². The summed E-state index contributed by atoms with van der Waals surface area (Å²) in [5.41, 5.74) is 4.46. The van der Waals surface area contributed by atoms with Crippen LogP contribution in [0.15, 0.2) is 78.2 Å². The third kappa shape index (κ3) is 4.89. The number of nitrogens with zero attached hydrogens (tertiary/aromatic N) is 1. The lowest BCUT2D eigenvalue weighted by molar-refractivity contribution is -0.121. The van der Waals surface area contributed by atoms with Crippen LogP contribution in [0.2, 0.25) is 0 Å². The summed E-state index contributed by atoms with van der Waals surface area (Å²) in [6, 6.07) is 25.2. The molecule has 0 bridgehead atoms. The molecule has 4 rings (SSSR count). The first-order valence-corrected chi connectivity index (χ1v) is 11.2. The molecule has 4 heteroatoms. The van der Waals surface area contributed by atoms with Crippen molar-refractivity contribution in [3.8, 4) is 10.4 Å². The van der Waals surface area contributed by atoms with Gasteiger partial charge in [-0.3, -0.25) is 10.1 Å². The Morgan fingerprint density at radius 1 is 1.00 bits per heavy atom. The van der Waals surface area contributed by atoms with E-state index in [4.69, 9.17) is 5.32 Å². The molecule has 0 atom stereocenters. The maximum absolute atomic E-state index is 12.1. The molecule has 30 heavy (non-hydrogen) atoms. The lowest BCUT2D eigenvalue weighted by atomic mass is 9.99. The van der Waals surface area contributed by atoms with Crippen LogP contribution in [0.3, 0.4) is 0 Å². The van der Waals surface area contributed by atoms with E-state index in [1.54, 1.807) is 11.3 Å². The number of carbonyl (C=O) groups is 1. The van der Waals surface area contributed by atoms with E-state index in [1.807, 2.05) is 25.1 Å². The van der Waals surface area contributed by atoms with Gasteiger partial charge in [0.2, 0.25) is 5.91 Å². The third-order valence-corrected chi connectivity index (χ3v) is 5.99. The van der Waals surface area contributed by atoms with Crippen molar-refractivity contribution < 1.29 is 4.79 Å². The van der Waals surface area contributed by atoms with Gasteiger partial charge in [-0.25, -0.2) is 0 Å². The standard InChI is InChI=1S/C26H25N2OS/c1-2-7-26(29)28-18-22-15-21(25-10-6-13-30-25)14-20-11-12-23(16-24(20)22)27-17-19-8-4-3-5-9-19/h3-6,8-16H,2,7,17-18H2,1H3,(H,28,29). The minimum Gasteiger partial charge on any atom is -0.352 e. The number of fused-ring (bicyclic) bond motifs is 1. The Kier molecular flexibility index (Phi) is 6.45. The van der Waals surface area contributed by atoms with Gasteiger partial charge in [-0.2, -0.15) is 0 Å². The van der Waals surface area contributed by atoms with Crippen LogP contribution in [0.1, 0.15) is 30.9 Å². The van der Waals surface area contributed by atoms with E-state index in [-0.39, 0.29) is 5.91 Å². The van der Waals surface area contributed by atoms with E-state index in [0.717, 1.165) is 23.1 Å². The monoisotopic (exact) mass is 413 g/mol. The fraction of sp³-hybridized carbons (Fsp3) is 0.192. The number of benzene rings is 3. The molecule has 3 aromatic carbocycles. The fourth-order valence-corrected chi connectivity index (χ4v) is 4.24.